The molecule has 1 atom stereocenters. The van der Waals surface area contributed by atoms with Gasteiger partial charge in [0.2, 0.25) is 0 Å². The van der Waals surface area contributed by atoms with E-state index in [1.54, 1.807) is 11.3 Å². The summed E-state index contributed by atoms with van der Waals surface area (Å²) >= 11 is 1.59. The summed E-state index contributed by atoms with van der Waals surface area (Å²) in [4.78, 5) is 4.27. The summed E-state index contributed by atoms with van der Waals surface area (Å²) in [5.74, 6) is 0.791. The Morgan fingerprint density at radius 2 is 2.00 bits per heavy atom. The van der Waals surface area contributed by atoms with Crippen LogP contribution < -0.4 is 5.73 Å². The van der Waals surface area contributed by atoms with Crippen LogP contribution in [0.4, 0.5) is 0 Å². The van der Waals surface area contributed by atoms with Gasteiger partial charge in [-0.05, 0) is 29.9 Å². The monoisotopic (exact) mass is 244 g/mol. The predicted octanol–water partition coefficient (Wildman–Crippen LogP) is 3.46. The molecule has 0 spiro atoms. The van der Waals surface area contributed by atoms with E-state index in [2.05, 4.69) is 29.2 Å². The fraction of sp³-hybridized carbons (Fsp3) is 0.357. The summed E-state index contributed by atoms with van der Waals surface area (Å²) in [7, 11) is 0. The molecule has 1 aromatic carbocycles. The van der Waals surface area contributed by atoms with Crippen LogP contribution in [-0.2, 0) is 0 Å². The van der Waals surface area contributed by atoms with E-state index in [1.165, 1.54) is 24.8 Å². The van der Waals surface area contributed by atoms with E-state index in [-0.39, 0.29) is 6.04 Å². The van der Waals surface area contributed by atoms with Crippen molar-refractivity contribution >= 4 is 11.3 Å². The summed E-state index contributed by atoms with van der Waals surface area (Å²) in [5, 5.41) is 2.02. The molecule has 1 aromatic heterocycles. The van der Waals surface area contributed by atoms with E-state index in [4.69, 9.17) is 5.73 Å². The molecule has 1 aliphatic rings. The van der Waals surface area contributed by atoms with Gasteiger partial charge in [0.05, 0.1) is 17.2 Å². The van der Waals surface area contributed by atoms with E-state index < -0.39 is 0 Å². The zero-order valence-corrected chi connectivity index (χ0v) is 10.5. The molecule has 0 bridgehead atoms. The smallest absolute Gasteiger partial charge is 0.0795 e. The van der Waals surface area contributed by atoms with Gasteiger partial charge in [-0.2, -0.15) is 0 Å². The number of hydrogen-bond donors (Lipinski definition) is 1. The van der Waals surface area contributed by atoms with Crippen molar-refractivity contribution in [2.45, 2.75) is 31.2 Å². The van der Waals surface area contributed by atoms with Gasteiger partial charge < -0.3 is 5.73 Å². The molecule has 0 aliphatic heterocycles. The molecule has 3 heteroatoms. The molecule has 1 saturated carbocycles. The number of aromatic nitrogens is 1. The van der Waals surface area contributed by atoms with Gasteiger partial charge in [-0.3, -0.25) is 0 Å². The molecule has 17 heavy (non-hydrogen) atoms. The van der Waals surface area contributed by atoms with Crippen molar-refractivity contribution in [3.63, 3.8) is 0 Å². The molecular formula is C14H16N2S. The zero-order valence-electron chi connectivity index (χ0n) is 9.67. The maximum atomic E-state index is 6.18. The van der Waals surface area contributed by atoms with Gasteiger partial charge in [0, 0.05) is 5.38 Å². The predicted molar refractivity (Wildman–Crippen MR) is 71.2 cm³/mol. The summed E-state index contributed by atoms with van der Waals surface area (Å²) in [6, 6.07) is 8.67. The van der Waals surface area contributed by atoms with Crippen molar-refractivity contribution in [3.8, 4) is 0 Å². The van der Waals surface area contributed by atoms with Crippen molar-refractivity contribution in [3.05, 3.63) is 52.0 Å². The third kappa shape index (κ3) is 2.13. The molecule has 1 fully saturated rings. The molecule has 1 heterocycles. The normalized spacial score (nSPS) is 17.7. The maximum Gasteiger partial charge on any atom is 0.0795 e. The molecule has 2 nitrogen and oxygen atoms in total. The number of nitrogens with two attached hydrogens (primary N) is 1. The van der Waals surface area contributed by atoms with E-state index in [0.717, 1.165) is 17.2 Å². The van der Waals surface area contributed by atoms with Crippen LogP contribution >= 0.6 is 11.3 Å². The van der Waals surface area contributed by atoms with Crippen LogP contribution in [0.25, 0.3) is 0 Å². The Balaban J connectivity index is 1.79. The standard InChI is InChI=1S/C14H16N2S/c15-14(13-8-17-9-16-13)12-6-4-11(5-7-12)10-2-1-3-10/h4-10,14H,1-3,15H2. The molecule has 2 N–H and O–H groups in total. The molecule has 2 aromatic rings. The summed E-state index contributed by atoms with van der Waals surface area (Å²) in [6.07, 6.45) is 4.07. The average Bonchev–Trinajstić information content (AvgIpc) is 2.80. The first-order valence-corrected chi connectivity index (χ1v) is 7.02. The summed E-state index contributed by atoms with van der Waals surface area (Å²) in [6.45, 7) is 0. The van der Waals surface area contributed by atoms with Crippen LogP contribution in [0.2, 0.25) is 0 Å². The molecule has 88 valence electrons. The van der Waals surface area contributed by atoms with Crippen molar-refractivity contribution in [1.29, 1.82) is 0 Å². The number of rotatable bonds is 3. The van der Waals surface area contributed by atoms with E-state index in [1.807, 2.05) is 10.9 Å². The second-order valence-corrected chi connectivity index (χ2v) is 5.40. The van der Waals surface area contributed by atoms with Crippen LogP contribution in [0.1, 0.15) is 48.0 Å². The van der Waals surface area contributed by atoms with Gasteiger partial charge in [-0.15, -0.1) is 11.3 Å². The SMILES string of the molecule is NC(c1ccc(C2CCC2)cc1)c1cscn1. The van der Waals surface area contributed by atoms with Crippen molar-refractivity contribution in [2.75, 3.05) is 0 Å². The largest absolute Gasteiger partial charge is 0.319 e. The van der Waals surface area contributed by atoms with Crippen molar-refractivity contribution < 1.29 is 0 Å². The Morgan fingerprint density at radius 3 is 2.53 bits per heavy atom. The highest BCUT2D eigenvalue weighted by atomic mass is 32.1. The lowest BCUT2D eigenvalue weighted by atomic mass is 9.80. The Bertz CT molecular complexity index is 471. The lowest BCUT2D eigenvalue weighted by Gasteiger charge is -2.26. The van der Waals surface area contributed by atoms with Crippen LogP contribution in [-0.4, -0.2) is 4.98 Å². The Hall–Kier alpha value is -1.19. The zero-order chi connectivity index (χ0) is 11.7. The van der Waals surface area contributed by atoms with Crippen molar-refractivity contribution in [2.24, 2.45) is 5.73 Å². The number of nitrogens with zero attached hydrogens (tertiary/aromatic N) is 1. The van der Waals surface area contributed by atoms with Crippen LogP contribution in [0.3, 0.4) is 0 Å². The Kier molecular flexibility index (Phi) is 2.95. The Morgan fingerprint density at radius 1 is 1.24 bits per heavy atom. The van der Waals surface area contributed by atoms with Crippen LogP contribution in [0, 0.1) is 0 Å². The lowest BCUT2D eigenvalue weighted by Crippen LogP contribution is -2.13. The first-order valence-electron chi connectivity index (χ1n) is 6.08. The summed E-state index contributed by atoms with van der Waals surface area (Å²) in [5.41, 5.74) is 11.6. The second kappa shape index (κ2) is 4.59. The van der Waals surface area contributed by atoms with Gasteiger partial charge in [-0.1, -0.05) is 30.7 Å². The lowest BCUT2D eigenvalue weighted by molar-refractivity contribution is 0.419. The van der Waals surface area contributed by atoms with E-state index in [9.17, 15) is 0 Å². The molecule has 1 aliphatic carbocycles. The van der Waals surface area contributed by atoms with E-state index >= 15 is 0 Å². The minimum atomic E-state index is -0.0864. The molecular weight excluding hydrogens is 228 g/mol. The van der Waals surface area contributed by atoms with E-state index in [0.29, 0.717) is 0 Å². The van der Waals surface area contributed by atoms with Crippen LogP contribution in [0.5, 0.6) is 0 Å². The third-order valence-electron chi connectivity index (χ3n) is 3.64. The third-order valence-corrected chi connectivity index (χ3v) is 4.25. The van der Waals surface area contributed by atoms with Gasteiger partial charge >= 0.3 is 0 Å². The minimum Gasteiger partial charge on any atom is -0.319 e. The number of hydrogen-bond acceptors (Lipinski definition) is 3. The highest BCUT2D eigenvalue weighted by Crippen LogP contribution is 2.36. The van der Waals surface area contributed by atoms with Gasteiger partial charge in [-0.25, -0.2) is 4.98 Å². The molecule has 1 unspecified atom stereocenters. The molecule has 0 amide bonds. The summed E-state index contributed by atoms with van der Waals surface area (Å²) < 4.78 is 0. The topological polar surface area (TPSA) is 38.9 Å². The van der Waals surface area contributed by atoms with Gasteiger partial charge in [0.25, 0.3) is 0 Å². The molecule has 3 rings (SSSR count). The van der Waals surface area contributed by atoms with Crippen molar-refractivity contribution in [1.82, 2.24) is 4.98 Å². The first-order chi connectivity index (χ1) is 8.34. The quantitative estimate of drug-likeness (QED) is 0.898. The first kappa shape index (κ1) is 10.9. The Labute approximate surface area is 106 Å². The minimum absolute atomic E-state index is 0.0864. The van der Waals surface area contributed by atoms with Gasteiger partial charge in [0.1, 0.15) is 0 Å². The average molecular weight is 244 g/mol. The highest BCUT2D eigenvalue weighted by Gasteiger charge is 2.19. The fourth-order valence-corrected chi connectivity index (χ4v) is 2.85. The molecule has 0 saturated heterocycles. The molecule has 0 radical (unpaired) electrons. The maximum absolute atomic E-state index is 6.18. The number of benzene rings is 1. The van der Waals surface area contributed by atoms with Crippen LogP contribution in [0.15, 0.2) is 35.2 Å². The fourth-order valence-electron chi connectivity index (χ4n) is 2.26. The number of thiazole rings is 1. The second-order valence-electron chi connectivity index (χ2n) is 4.69. The van der Waals surface area contributed by atoms with Gasteiger partial charge in [0.15, 0.2) is 0 Å². The highest BCUT2D eigenvalue weighted by molar-refractivity contribution is 7.07.